The van der Waals surface area contributed by atoms with Crippen LogP contribution in [0, 0.1) is 11.3 Å². The number of rotatable bonds is 5. The molecule has 1 aliphatic rings. The van der Waals surface area contributed by atoms with E-state index in [1.54, 1.807) is 31.2 Å². The van der Waals surface area contributed by atoms with Crippen molar-refractivity contribution in [2.75, 3.05) is 11.9 Å². The van der Waals surface area contributed by atoms with Crippen molar-refractivity contribution in [3.8, 4) is 6.07 Å². The van der Waals surface area contributed by atoms with E-state index in [0.29, 0.717) is 22.0 Å². The van der Waals surface area contributed by atoms with Crippen molar-refractivity contribution in [3.05, 3.63) is 63.6 Å². The number of halogens is 2. The van der Waals surface area contributed by atoms with Crippen molar-refractivity contribution < 1.29 is 14.4 Å². The van der Waals surface area contributed by atoms with Crippen LogP contribution in [0.5, 0.6) is 0 Å². The Bertz CT molecular complexity index is 1030. The number of anilines is 1. The predicted octanol–water partition coefficient (Wildman–Crippen LogP) is 3.66. The van der Waals surface area contributed by atoms with E-state index in [1.807, 2.05) is 6.07 Å². The molecule has 2 N–H and O–H groups in total. The van der Waals surface area contributed by atoms with Crippen molar-refractivity contribution in [1.29, 1.82) is 5.26 Å². The van der Waals surface area contributed by atoms with Crippen LogP contribution in [-0.2, 0) is 15.1 Å². The highest BCUT2D eigenvalue weighted by molar-refractivity contribution is 6.31. The van der Waals surface area contributed by atoms with Crippen LogP contribution in [-0.4, -0.2) is 29.3 Å². The van der Waals surface area contributed by atoms with Gasteiger partial charge in [-0.1, -0.05) is 42.3 Å². The number of carbonyl (C=O) groups excluding carboxylic acids is 3. The van der Waals surface area contributed by atoms with Gasteiger partial charge in [0.25, 0.3) is 5.91 Å². The third-order valence-electron chi connectivity index (χ3n) is 4.72. The van der Waals surface area contributed by atoms with Gasteiger partial charge in [-0.15, -0.1) is 0 Å². The van der Waals surface area contributed by atoms with Crippen molar-refractivity contribution >= 4 is 46.7 Å². The summed E-state index contributed by atoms with van der Waals surface area (Å²) in [6.45, 7) is 1.26. The van der Waals surface area contributed by atoms with Crippen LogP contribution < -0.4 is 10.6 Å². The first-order valence-corrected chi connectivity index (χ1v) is 9.46. The SMILES string of the molecule is CC[C@@]1(c2ccc(Cl)cc2)NC(=O)N(CC(=O)Nc2cc(Cl)ccc2C#N)C1=O. The van der Waals surface area contributed by atoms with Crippen molar-refractivity contribution in [3.63, 3.8) is 0 Å². The number of nitriles is 1. The van der Waals surface area contributed by atoms with E-state index in [4.69, 9.17) is 28.5 Å². The van der Waals surface area contributed by atoms with Gasteiger partial charge in [0, 0.05) is 10.0 Å². The molecule has 0 radical (unpaired) electrons. The Labute approximate surface area is 177 Å². The molecule has 0 spiro atoms. The Balaban J connectivity index is 1.81. The van der Waals surface area contributed by atoms with Crippen LogP contribution in [0.25, 0.3) is 0 Å². The summed E-state index contributed by atoms with van der Waals surface area (Å²) in [6, 6.07) is 12.3. The second-order valence-electron chi connectivity index (χ2n) is 6.44. The molecule has 1 fully saturated rings. The first-order chi connectivity index (χ1) is 13.8. The van der Waals surface area contributed by atoms with E-state index < -0.39 is 29.9 Å². The Morgan fingerprint density at radius 3 is 2.45 bits per heavy atom. The molecular formula is C20H16Cl2N4O3. The van der Waals surface area contributed by atoms with Gasteiger partial charge in [-0.05, 0) is 42.3 Å². The minimum Gasteiger partial charge on any atom is -0.323 e. The number of urea groups is 1. The molecule has 2 aromatic carbocycles. The standard InChI is InChI=1S/C20H16Cl2N4O3/c1-2-20(13-4-7-14(21)8-5-13)18(28)26(19(29)25-20)11-17(27)24-16-9-15(22)6-3-12(16)10-23/h3-9H,2,11H2,1H3,(H,24,27)(H,25,29)/t20-/m0/s1. The number of carbonyl (C=O) groups is 3. The van der Waals surface area contributed by atoms with Gasteiger partial charge >= 0.3 is 6.03 Å². The molecule has 1 aliphatic heterocycles. The zero-order chi connectivity index (χ0) is 21.2. The van der Waals surface area contributed by atoms with E-state index in [1.165, 1.54) is 18.2 Å². The van der Waals surface area contributed by atoms with E-state index in [-0.39, 0.29) is 11.3 Å². The monoisotopic (exact) mass is 430 g/mol. The molecule has 3 rings (SSSR count). The molecule has 2 aromatic rings. The van der Waals surface area contributed by atoms with Gasteiger partial charge in [-0.3, -0.25) is 14.5 Å². The molecule has 1 saturated heterocycles. The van der Waals surface area contributed by atoms with Crippen LogP contribution in [0.2, 0.25) is 10.0 Å². The van der Waals surface area contributed by atoms with Crippen molar-refractivity contribution in [2.45, 2.75) is 18.9 Å². The van der Waals surface area contributed by atoms with E-state index in [2.05, 4.69) is 10.6 Å². The lowest BCUT2D eigenvalue weighted by Gasteiger charge is -2.25. The van der Waals surface area contributed by atoms with Crippen LogP contribution in [0.15, 0.2) is 42.5 Å². The highest BCUT2D eigenvalue weighted by Crippen LogP contribution is 2.33. The summed E-state index contributed by atoms with van der Waals surface area (Å²) in [6.07, 6.45) is 0.296. The number of imide groups is 1. The summed E-state index contributed by atoms with van der Waals surface area (Å²) in [5.74, 6) is -1.16. The van der Waals surface area contributed by atoms with Gasteiger partial charge < -0.3 is 10.6 Å². The Kier molecular flexibility index (Phi) is 5.78. The number of hydrogen-bond donors (Lipinski definition) is 2. The molecule has 148 valence electrons. The summed E-state index contributed by atoms with van der Waals surface area (Å²) >= 11 is 11.8. The molecule has 0 aromatic heterocycles. The lowest BCUT2D eigenvalue weighted by molar-refractivity contribution is -0.134. The molecular weight excluding hydrogens is 415 g/mol. The lowest BCUT2D eigenvalue weighted by atomic mass is 9.87. The van der Waals surface area contributed by atoms with Crippen LogP contribution in [0.1, 0.15) is 24.5 Å². The lowest BCUT2D eigenvalue weighted by Crippen LogP contribution is -2.44. The molecule has 0 aliphatic carbocycles. The van der Waals surface area contributed by atoms with E-state index in [0.717, 1.165) is 4.90 Å². The number of nitrogens with one attached hydrogen (secondary N) is 2. The molecule has 7 nitrogen and oxygen atoms in total. The summed E-state index contributed by atoms with van der Waals surface area (Å²) in [5, 5.41) is 15.2. The highest BCUT2D eigenvalue weighted by atomic mass is 35.5. The maximum absolute atomic E-state index is 13.1. The molecule has 1 heterocycles. The largest absolute Gasteiger partial charge is 0.325 e. The van der Waals surface area contributed by atoms with Gasteiger partial charge in [-0.25, -0.2) is 4.79 Å². The smallest absolute Gasteiger partial charge is 0.323 e. The van der Waals surface area contributed by atoms with Gasteiger partial charge in [0.2, 0.25) is 5.91 Å². The highest BCUT2D eigenvalue weighted by Gasteiger charge is 2.51. The second kappa shape index (κ2) is 8.11. The average Bonchev–Trinajstić information content (AvgIpc) is 2.94. The average molecular weight is 431 g/mol. The number of amides is 4. The minimum atomic E-state index is -1.27. The first-order valence-electron chi connectivity index (χ1n) is 8.70. The van der Waals surface area contributed by atoms with E-state index in [9.17, 15) is 14.4 Å². The fraction of sp³-hybridized carbons (Fsp3) is 0.200. The number of hydrogen-bond acceptors (Lipinski definition) is 4. The first kappa shape index (κ1) is 20.6. The van der Waals surface area contributed by atoms with Crippen LogP contribution in [0.4, 0.5) is 10.5 Å². The predicted molar refractivity (Wildman–Crippen MR) is 108 cm³/mol. The molecule has 1 atom stereocenters. The fourth-order valence-electron chi connectivity index (χ4n) is 3.19. The fourth-order valence-corrected chi connectivity index (χ4v) is 3.49. The number of nitrogens with zero attached hydrogens (tertiary/aromatic N) is 2. The van der Waals surface area contributed by atoms with Crippen LogP contribution >= 0.6 is 23.2 Å². The molecule has 29 heavy (non-hydrogen) atoms. The maximum atomic E-state index is 13.1. The summed E-state index contributed by atoms with van der Waals surface area (Å²) in [4.78, 5) is 38.9. The van der Waals surface area contributed by atoms with Gasteiger partial charge in [0.15, 0.2) is 0 Å². The third kappa shape index (κ3) is 3.90. The van der Waals surface area contributed by atoms with Crippen LogP contribution in [0.3, 0.4) is 0 Å². The zero-order valence-corrected chi connectivity index (χ0v) is 16.8. The Morgan fingerprint density at radius 2 is 1.83 bits per heavy atom. The molecule has 4 amide bonds. The summed E-state index contributed by atoms with van der Waals surface area (Å²) < 4.78 is 0. The van der Waals surface area contributed by atoms with Gasteiger partial charge in [-0.2, -0.15) is 5.26 Å². The van der Waals surface area contributed by atoms with Gasteiger partial charge in [0.05, 0.1) is 11.3 Å². The quantitative estimate of drug-likeness (QED) is 0.706. The number of benzene rings is 2. The maximum Gasteiger partial charge on any atom is 0.325 e. The van der Waals surface area contributed by atoms with Crippen molar-refractivity contribution in [2.24, 2.45) is 0 Å². The topological polar surface area (TPSA) is 102 Å². The molecule has 0 bridgehead atoms. The Morgan fingerprint density at radius 1 is 1.17 bits per heavy atom. The van der Waals surface area contributed by atoms with Crippen molar-refractivity contribution in [1.82, 2.24) is 10.2 Å². The minimum absolute atomic E-state index is 0.205. The Hall–Kier alpha value is -3.08. The summed E-state index contributed by atoms with van der Waals surface area (Å²) in [5.41, 5.74) is -0.275. The van der Waals surface area contributed by atoms with Gasteiger partial charge in [0.1, 0.15) is 18.2 Å². The second-order valence-corrected chi connectivity index (χ2v) is 7.31. The van der Waals surface area contributed by atoms with E-state index >= 15 is 0 Å². The summed E-state index contributed by atoms with van der Waals surface area (Å²) in [7, 11) is 0. The third-order valence-corrected chi connectivity index (χ3v) is 5.21. The molecule has 0 saturated carbocycles. The zero-order valence-electron chi connectivity index (χ0n) is 15.3. The normalized spacial score (nSPS) is 18.3. The molecule has 9 heteroatoms. The molecule has 0 unspecified atom stereocenters.